The summed E-state index contributed by atoms with van der Waals surface area (Å²) in [5, 5.41) is -0.00433. The Kier molecular flexibility index (Phi) is 7.80. The molecule has 0 atom stereocenters. The second-order valence-electron chi connectivity index (χ2n) is 8.63. The summed E-state index contributed by atoms with van der Waals surface area (Å²) < 4.78 is 28.8. The van der Waals surface area contributed by atoms with E-state index in [4.69, 9.17) is 0 Å². The lowest BCUT2D eigenvalue weighted by Gasteiger charge is -2.22. The number of hydrogen-bond donors (Lipinski definition) is 0. The third-order valence-electron chi connectivity index (χ3n) is 5.98. The Morgan fingerprint density at radius 1 is 0.972 bits per heavy atom. The van der Waals surface area contributed by atoms with Gasteiger partial charge < -0.3 is 9.47 Å². The van der Waals surface area contributed by atoms with Gasteiger partial charge in [0.1, 0.15) is 0 Å². The fourth-order valence-corrected chi connectivity index (χ4v) is 5.67. The first-order chi connectivity index (χ1) is 17.4. The normalized spacial score (nSPS) is 11.2. The molecule has 1 amide bonds. The zero-order valence-electron chi connectivity index (χ0n) is 20.2. The van der Waals surface area contributed by atoms with Gasteiger partial charge in [0.15, 0.2) is 0 Å². The molecule has 1 aromatic heterocycles. The molecular formula is C29H29N3O3S. The molecule has 0 unspecified atom stereocenters. The summed E-state index contributed by atoms with van der Waals surface area (Å²) in [6.45, 7) is 6.52. The highest BCUT2D eigenvalue weighted by molar-refractivity contribution is 7.90. The molecule has 4 aromatic rings. The minimum Gasteiger partial charge on any atom is -0.329 e. The van der Waals surface area contributed by atoms with Gasteiger partial charge in [0.2, 0.25) is 15.0 Å². The number of sulfone groups is 1. The van der Waals surface area contributed by atoms with E-state index in [1.54, 1.807) is 33.9 Å². The van der Waals surface area contributed by atoms with Crippen molar-refractivity contribution in [2.24, 2.45) is 0 Å². The van der Waals surface area contributed by atoms with Gasteiger partial charge in [-0.15, -0.1) is 6.58 Å². The van der Waals surface area contributed by atoms with Crippen LogP contribution in [0.1, 0.15) is 32.7 Å². The van der Waals surface area contributed by atoms with Gasteiger partial charge in [-0.05, 0) is 35.7 Å². The summed E-state index contributed by atoms with van der Waals surface area (Å²) in [7, 11) is -3.76. The van der Waals surface area contributed by atoms with Crippen molar-refractivity contribution >= 4 is 15.7 Å². The standard InChI is InChI=1S/C29H29N3O3S/c1-3-18-31(28(33)25-15-8-5-9-16-25)21-27-19-30-29(32(27)20-24-13-6-4-7-14-24)36(34,35)22-26-17-11-10-12-23(26)2/h3-17,19H,1,18,20-22H2,2H3. The number of rotatable bonds is 10. The molecule has 0 radical (unpaired) electrons. The van der Waals surface area contributed by atoms with Gasteiger partial charge in [-0.3, -0.25) is 4.79 Å². The molecule has 3 aromatic carbocycles. The first-order valence-electron chi connectivity index (χ1n) is 11.7. The molecule has 36 heavy (non-hydrogen) atoms. The van der Waals surface area contributed by atoms with E-state index in [1.165, 1.54) is 0 Å². The molecule has 1 heterocycles. The first-order valence-corrected chi connectivity index (χ1v) is 13.3. The van der Waals surface area contributed by atoms with Crippen LogP contribution < -0.4 is 0 Å². The Morgan fingerprint density at radius 3 is 2.28 bits per heavy atom. The minimum absolute atomic E-state index is 0.00433. The summed E-state index contributed by atoms with van der Waals surface area (Å²) in [6, 6.07) is 26.1. The lowest BCUT2D eigenvalue weighted by molar-refractivity contribution is 0.0759. The minimum atomic E-state index is -3.76. The smallest absolute Gasteiger partial charge is 0.254 e. The van der Waals surface area contributed by atoms with Crippen LogP contribution in [-0.4, -0.2) is 35.3 Å². The number of aryl methyl sites for hydroxylation is 1. The Bertz CT molecular complexity index is 1450. The second-order valence-corrected chi connectivity index (χ2v) is 10.5. The lowest BCUT2D eigenvalue weighted by Crippen LogP contribution is -2.32. The number of carbonyl (C=O) groups excluding carboxylic acids is 1. The topological polar surface area (TPSA) is 72.3 Å². The number of amides is 1. The summed E-state index contributed by atoms with van der Waals surface area (Å²) in [5.41, 5.74) is 3.77. The van der Waals surface area contributed by atoms with E-state index in [2.05, 4.69) is 11.6 Å². The zero-order valence-corrected chi connectivity index (χ0v) is 21.1. The highest BCUT2D eigenvalue weighted by Crippen LogP contribution is 2.22. The molecule has 0 N–H and O–H groups in total. The zero-order chi connectivity index (χ0) is 25.5. The Hall–Kier alpha value is -3.97. The molecular weight excluding hydrogens is 470 g/mol. The molecule has 0 bridgehead atoms. The molecule has 184 valence electrons. The van der Waals surface area contributed by atoms with E-state index in [1.807, 2.05) is 79.7 Å². The maximum atomic E-state index is 13.6. The van der Waals surface area contributed by atoms with Gasteiger partial charge in [0.05, 0.1) is 30.7 Å². The quantitative estimate of drug-likeness (QED) is 0.287. The first kappa shape index (κ1) is 25.1. The van der Waals surface area contributed by atoms with Crippen LogP contribution in [0.3, 0.4) is 0 Å². The van der Waals surface area contributed by atoms with Crippen LogP contribution in [0.4, 0.5) is 0 Å². The van der Waals surface area contributed by atoms with Crippen LogP contribution in [0.5, 0.6) is 0 Å². The highest BCUT2D eigenvalue weighted by Gasteiger charge is 2.26. The van der Waals surface area contributed by atoms with Crippen LogP contribution in [0.2, 0.25) is 0 Å². The van der Waals surface area contributed by atoms with Crippen molar-refractivity contribution in [3.8, 4) is 0 Å². The van der Waals surface area contributed by atoms with Gasteiger partial charge in [0.25, 0.3) is 5.91 Å². The average Bonchev–Trinajstić information content (AvgIpc) is 3.28. The molecule has 7 heteroatoms. The van der Waals surface area contributed by atoms with Crippen molar-refractivity contribution in [3.63, 3.8) is 0 Å². The largest absolute Gasteiger partial charge is 0.329 e. The fourth-order valence-electron chi connectivity index (χ4n) is 4.08. The number of aromatic nitrogens is 2. The number of nitrogens with zero attached hydrogens (tertiary/aromatic N) is 3. The number of imidazole rings is 1. The van der Waals surface area contributed by atoms with Gasteiger partial charge in [-0.2, -0.15) is 0 Å². The van der Waals surface area contributed by atoms with Crippen LogP contribution in [0.15, 0.2) is 109 Å². The van der Waals surface area contributed by atoms with Crippen molar-refractivity contribution in [3.05, 3.63) is 132 Å². The van der Waals surface area contributed by atoms with Crippen molar-refractivity contribution in [1.82, 2.24) is 14.5 Å². The number of hydrogen-bond acceptors (Lipinski definition) is 4. The van der Waals surface area contributed by atoms with Crippen molar-refractivity contribution < 1.29 is 13.2 Å². The van der Waals surface area contributed by atoms with Crippen molar-refractivity contribution in [2.75, 3.05) is 6.54 Å². The predicted molar refractivity (Wildman–Crippen MR) is 141 cm³/mol. The van der Waals surface area contributed by atoms with E-state index in [0.29, 0.717) is 24.3 Å². The van der Waals surface area contributed by atoms with Crippen LogP contribution in [0.25, 0.3) is 0 Å². The van der Waals surface area contributed by atoms with E-state index < -0.39 is 9.84 Å². The Labute approximate surface area is 212 Å². The summed E-state index contributed by atoms with van der Waals surface area (Å²) in [6.07, 6.45) is 3.22. The maximum absolute atomic E-state index is 13.6. The molecule has 0 saturated heterocycles. The lowest BCUT2D eigenvalue weighted by atomic mass is 10.1. The van der Waals surface area contributed by atoms with E-state index in [-0.39, 0.29) is 23.4 Å². The molecule has 4 rings (SSSR count). The molecule has 0 fully saturated rings. The van der Waals surface area contributed by atoms with Gasteiger partial charge in [0, 0.05) is 12.1 Å². The summed E-state index contributed by atoms with van der Waals surface area (Å²) >= 11 is 0. The van der Waals surface area contributed by atoms with Crippen molar-refractivity contribution in [1.29, 1.82) is 0 Å². The molecule has 0 aliphatic carbocycles. The SMILES string of the molecule is C=CCN(Cc1cnc(S(=O)(=O)Cc2ccccc2C)n1Cc1ccccc1)C(=O)c1ccccc1. The van der Waals surface area contributed by atoms with E-state index >= 15 is 0 Å². The van der Waals surface area contributed by atoms with E-state index in [0.717, 1.165) is 16.7 Å². The van der Waals surface area contributed by atoms with Crippen LogP contribution >= 0.6 is 0 Å². The maximum Gasteiger partial charge on any atom is 0.254 e. The van der Waals surface area contributed by atoms with Crippen LogP contribution in [-0.2, 0) is 28.7 Å². The monoisotopic (exact) mass is 499 g/mol. The van der Waals surface area contributed by atoms with Crippen LogP contribution in [0, 0.1) is 6.92 Å². The number of benzene rings is 3. The predicted octanol–water partition coefficient (Wildman–Crippen LogP) is 5.04. The fraction of sp³-hybridized carbons (Fsp3) is 0.172. The highest BCUT2D eigenvalue weighted by atomic mass is 32.2. The summed E-state index contributed by atoms with van der Waals surface area (Å²) in [4.78, 5) is 19.2. The van der Waals surface area contributed by atoms with Crippen molar-refractivity contribution in [2.45, 2.75) is 30.9 Å². The molecule has 0 saturated carbocycles. The molecule has 6 nitrogen and oxygen atoms in total. The molecule has 0 aliphatic rings. The Balaban J connectivity index is 1.72. The van der Waals surface area contributed by atoms with Gasteiger partial charge in [-0.1, -0.05) is 78.9 Å². The third kappa shape index (κ3) is 5.80. The van der Waals surface area contributed by atoms with Gasteiger partial charge >= 0.3 is 0 Å². The molecule has 0 spiro atoms. The number of carbonyl (C=O) groups is 1. The second kappa shape index (κ2) is 11.2. The summed E-state index contributed by atoms with van der Waals surface area (Å²) in [5.74, 6) is -0.309. The Morgan fingerprint density at radius 2 is 1.61 bits per heavy atom. The van der Waals surface area contributed by atoms with E-state index in [9.17, 15) is 13.2 Å². The average molecular weight is 500 g/mol. The van der Waals surface area contributed by atoms with Gasteiger partial charge in [-0.25, -0.2) is 13.4 Å². The third-order valence-corrected chi connectivity index (χ3v) is 7.55. The molecule has 0 aliphatic heterocycles.